The number of hydrogen-bond acceptors (Lipinski definition) is 3. The number of aromatic nitrogens is 1. The molecular weight excluding hydrogens is 437 g/mol. The molecular formula is C18H13ClIN3O. The molecule has 24 heavy (non-hydrogen) atoms. The van der Waals surface area contributed by atoms with Crippen LogP contribution in [0.25, 0.3) is 10.9 Å². The zero-order valence-corrected chi connectivity index (χ0v) is 15.7. The lowest BCUT2D eigenvalue weighted by Crippen LogP contribution is -2.18. The summed E-state index contributed by atoms with van der Waals surface area (Å²) in [6, 6.07) is 15.2. The van der Waals surface area contributed by atoms with Gasteiger partial charge in [-0.05, 0) is 59.3 Å². The summed E-state index contributed by atoms with van der Waals surface area (Å²) in [4.78, 5) is 16.5. The molecule has 1 aromatic heterocycles. The number of carbonyl (C=O) groups is 1. The second-order valence-corrected chi connectivity index (χ2v) is 6.76. The molecule has 4 nitrogen and oxygen atoms in total. The van der Waals surface area contributed by atoms with Crippen LogP contribution in [0.3, 0.4) is 0 Å². The minimum Gasteiger partial charge on any atom is -0.267 e. The van der Waals surface area contributed by atoms with E-state index in [1.165, 1.54) is 6.21 Å². The molecule has 120 valence electrons. The summed E-state index contributed by atoms with van der Waals surface area (Å²) in [6.07, 6.45) is 1.50. The van der Waals surface area contributed by atoms with E-state index in [-0.39, 0.29) is 5.91 Å². The zero-order chi connectivity index (χ0) is 17.1. The van der Waals surface area contributed by atoms with Crippen LogP contribution in [0.4, 0.5) is 0 Å². The fourth-order valence-electron chi connectivity index (χ4n) is 2.23. The molecule has 2 aromatic carbocycles. The molecule has 1 heterocycles. The Hall–Kier alpha value is -1.99. The minimum atomic E-state index is -0.267. The monoisotopic (exact) mass is 449 g/mol. The number of aryl methyl sites for hydroxylation is 1. The van der Waals surface area contributed by atoms with Crippen molar-refractivity contribution in [3.8, 4) is 0 Å². The van der Waals surface area contributed by atoms with Crippen LogP contribution in [0.1, 0.15) is 21.5 Å². The smallest absolute Gasteiger partial charge is 0.267 e. The van der Waals surface area contributed by atoms with Crippen molar-refractivity contribution in [1.82, 2.24) is 10.4 Å². The molecule has 0 saturated heterocycles. The SMILES string of the molecule is Cc1ccc2cc(/C=N\NC(=O)c3ccccc3I)c(Cl)nc2c1. The first-order valence-electron chi connectivity index (χ1n) is 7.19. The first-order chi connectivity index (χ1) is 11.5. The molecule has 0 aliphatic rings. The summed E-state index contributed by atoms with van der Waals surface area (Å²) in [7, 11) is 0. The summed E-state index contributed by atoms with van der Waals surface area (Å²) in [5.74, 6) is -0.267. The summed E-state index contributed by atoms with van der Waals surface area (Å²) in [6.45, 7) is 2.00. The third-order valence-corrected chi connectivity index (χ3v) is 4.69. The van der Waals surface area contributed by atoms with Gasteiger partial charge >= 0.3 is 0 Å². The van der Waals surface area contributed by atoms with Crippen LogP contribution in [-0.2, 0) is 0 Å². The first kappa shape index (κ1) is 16.9. The molecule has 0 aliphatic heterocycles. The lowest BCUT2D eigenvalue weighted by atomic mass is 10.1. The lowest BCUT2D eigenvalue weighted by molar-refractivity contribution is 0.0954. The van der Waals surface area contributed by atoms with Crippen LogP contribution in [-0.4, -0.2) is 17.1 Å². The van der Waals surface area contributed by atoms with Crippen molar-refractivity contribution >= 4 is 57.2 Å². The summed E-state index contributed by atoms with van der Waals surface area (Å²) in [5.41, 5.74) is 5.69. The van der Waals surface area contributed by atoms with Gasteiger partial charge in [0.15, 0.2) is 0 Å². The molecule has 0 spiro atoms. The average Bonchev–Trinajstić information content (AvgIpc) is 2.55. The maximum Gasteiger partial charge on any atom is 0.272 e. The molecule has 0 atom stereocenters. The van der Waals surface area contributed by atoms with Gasteiger partial charge in [-0.25, -0.2) is 10.4 Å². The van der Waals surface area contributed by atoms with Crippen molar-refractivity contribution in [2.75, 3.05) is 0 Å². The quantitative estimate of drug-likeness (QED) is 0.276. The van der Waals surface area contributed by atoms with Gasteiger partial charge in [0.05, 0.1) is 17.3 Å². The summed E-state index contributed by atoms with van der Waals surface area (Å²) < 4.78 is 0.864. The van der Waals surface area contributed by atoms with Crippen molar-refractivity contribution < 1.29 is 4.79 Å². The predicted molar refractivity (Wildman–Crippen MR) is 106 cm³/mol. The van der Waals surface area contributed by atoms with Crippen LogP contribution in [0.2, 0.25) is 5.15 Å². The number of carbonyl (C=O) groups excluding carboxylic acids is 1. The molecule has 0 saturated carbocycles. The van der Waals surface area contributed by atoms with E-state index in [1.807, 2.05) is 49.4 Å². The van der Waals surface area contributed by atoms with Gasteiger partial charge < -0.3 is 0 Å². The Bertz CT molecular complexity index is 956. The Morgan fingerprint density at radius 2 is 2.04 bits per heavy atom. The second-order valence-electron chi connectivity index (χ2n) is 5.24. The predicted octanol–water partition coefficient (Wildman–Crippen LogP) is 4.57. The Morgan fingerprint density at radius 1 is 1.25 bits per heavy atom. The van der Waals surface area contributed by atoms with Gasteiger partial charge in [0.2, 0.25) is 0 Å². The fraction of sp³-hybridized carbons (Fsp3) is 0.0556. The summed E-state index contributed by atoms with van der Waals surface area (Å²) in [5, 5.41) is 5.31. The van der Waals surface area contributed by atoms with Gasteiger partial charge in [-0.1, -0.05) is 35.9 Å². The van der Waals surface area contributed by atoms with Crippen LogP contribution in [0, 0.1) is 10.5 Å². The largest absolute Gasteiger partial charge is 0.272 e. The number of nitrogens with one attached hydrogen (secondary N) is 1. The number of rotatable bonds is 3. The average molecular weight is 450 g/mol. The fourth-order valence-corrected chi connectivity index (χ4v) is 3.05. The molecule has 0 radical (unpaired) electrons. The Kier molecular flexibility index (Phi) is 5.11. The lowest BCUT2D eigenvalue weighted by Gasteiger charge is -2.04. The van der Waals surface area contributed by atoms with E-state index in [0.717, 1.165) is 20.0 Å². The molecule has 0 bridgehead atoms. The Morgan fingerprint density at radius 3 is 2.83 bits per heavy atom. The van der Waals surface area contributed by atoms with Gasteiger partial charge in [0.25, 0.3) is 5.91 Å². The van der Waals surface area contributed by atoms with Crippen molar-refractivity contribution in [2.24, 2.45) is 5.10 Å². The topological polar surface area (TPSA) is 54.4 Å². The van der Waals surface area contributed by atoms with E-state index in [9.17, 15) is 4.79 Å². The molecule has 1 N–H and O–H groups in total. The highest BCUT2D eigenvalue weighted by atomic mass is 127. The Labute approximate surface area is 158 Å². The maximum absolute atomic E-state index is 12.1. The van der Waals surface area contributed by atoms with Crippen LogP contribution < -0.4 is 5.43 Å². The van der Waals surface area contributed by atoms with E-state index in [2.05, 4.69) is 38.1 Å². The van der Waals surface area contributed by atoms with E-state index >= 15 is 0 Å². The van der Waals surface area contributed by atoms with E-state index in [1.54, 1.807) is 6.07 Å². The number of fused-ring (bicyclic) bond motifs is 1. The molecule has 0 fully saturated rings. The van der Waals surface area contributed by atoms with Crippen molar-refractivity contribution in [3.05, 3.63) is 73.9 Å². The van der Waals surface area contributed by atoms with Gasteiger partial charge in [0.1, 0.15) is 5.15 Å². The van der Waals surface area contributed by atoms with Gasteiger partial charge in [-0.2, -0.15) is 5.10 Å². The van der Waals surface area contributed by atoms with Crippen molar-refractivity contribution in [2.45, 2.75) is 6.92 Å². The zero-order valence-electron chi connectivity index (χ0n) is 12.8. The molecule has 0 unspecified atom stereocenters. The highest BCUT2D eigenvalue weighted by Gasteiger charge is 2.08. The number of amides is 1. The molecule has 3 aromatic rings. The number of hydrogen-bond donors (Lipinski definition) is 1. The molecule has 3 rings (SSSR count). The summed E-state index contributed by atoms with van der Waals surface area (Å²) >= 11 is 8.31. The van der Waals surface area contributed by atoms with Gasteiger partial charge in [0, 0.05) is 14.5 Å². The van der Waals surface area contributed by atoms with E-state index < -0.39 is 0 Å². The number of halogens is 2. The Balaban J connectivity index is 1.80. The first-order valence-corrected chi connectivity index (χ1v) is 8.65. The number of pyridine rings is 1. The standard InChI is InChI=1S/C18H13ClIN3O/c1-11-6-7-12-9-13(17(19)22-16(12)8-11)10-21-23-18(24)14-4-2-3-5-15(14)20/h2-10H,1H3,(H,23,24)/b21-10-. The second kappa shape index (κ2) is 7.27. The minimum absolute atomic E-state index is 0.267. The number of benzene rings is 2. The third-order valence-electron chi connectivity index (χ3n) is 3.44. The maximum atomic E-state index is 12.1. The van der Waals surface area contributed by atoms with Crippen LogP contribution >= 0.6 is 34.2 Å². The molecule has 0 aliphatic carbocycles. The van der Waals surface area contributed by atoms with Gasteiger partial charge in [-0.15, -0.1) is 0 Å². The van der Waals surface area contributed by atoms with Crippen LogP contribution in [0.5, 0.6) is 0 Å². The van der Waals surface area contributed by atoms with Gasteiger partial charge in [-0.3, -0.25) is 4.79 Å². The number of hydrazone groups is 1. The highest BCUT2D eigenvalue weighted by molar-refractivity contribution is 14.1. The molecule has 6 heteroatoms. The van der Waals surface area contributed by atoms with Crippen molar-refractivity contribution in [1.29, 1.82) is 0 Å². The third kappa shape index (κ3) is 3.73. The van der Waals surface area contributed by atoms with E-state index in [4.69, 9.17) is 11.6 Å². The highest BCUT2D eigenvalue weighted by Crippen LogP contribution is 2.20. The van der Waals surface area contributed by atoms with Crippen LogP contribution in [0.15, 0.2) is 53.6 Å². The van der Waals surface area contributed by atoms with E-state index in [0.29, 0.717) is 16.3 Å². The molecule has 1 amide bonds. The number of nitrogens with zero attached hydrogens (tertiary/aromatic N) is 2. The van der Waals surface area contributed by atoms with Crippen molar-refractivity contribution in [3.63, 3.8) is 0 Å². The normalized spacial score (nSPS) is 11.1.